The minimum Gasteiger partial charge on any atom is -0.494 e. The van der Waals surface area contributed by atoms with E-state index in [0.717, 1.165) is 0 Å². The zero-order valence-electron chi connectivity index (χ0n) is 12.9. The number of carbonyl (C=O) groups is 1. The van der Waals surface area contributed by atoms with Crippen LogP contribution in [0.2, 0.25) is 0 Å². The monoisotopic (exact) mass is 347 g/mol. The highest BCUT2D eigenvalue weighted by Crippen LogP contribution is 2.32. The van der Waals surface area contributed by atoms with Crippen LogP contribution in [0.3, 0.4) is 0 Å². The number of aromatic nitrogens is 1. The molecule has 0 spiro atoms. The zero-order valence-corrected chi connectivity index (χ0v) is 13.7. The summed E-state index contributed by atoms with van der Waals surface area (Å²) in [5.74, 6) is -0.0144. The third-order valence-corrected chi connectivity index (χ3v) is 4.43. The quantitative estimate of drug-likeness (QED) is 0.533. The van der Waals surface area contributed by atoms with Gasteiger partial charge in [-0.2, -0.15) is 4.99 Å². The van der Waals surface area contributed by atoms with Crippen LogP contribution >= 0.6 is 11.3 Å². The van der Waals surface area contributed by atoms with Gasteiger partial charge >= 0.3 is 5.91 Å². The summed E-state index contributed by atoms with van der Waals surface area (Å²) in [6.07, 6.45) is 1.40. The first kappa shape index (κ1) is 15.9. The predicted octanol–water partition coefficient (Wildman–Crippen LogP) is 2.97. The Hall–Kier alpha value is -2.94. The van der Waals surface area contributed by atoms with E-state index in [2.05, 4.69) is 4.99 Å². The highest BCUT2D eigenvalue weighted by molar-refractivity contribution is 7.16. The Morgan fingerprint density at radius 3 is 2.88 bits per heavy atom. The van der Waals surface area contributed by atoms with Gasteiger partial charge in [-0.3, -0.25) is 14.9 Å². The van der Waals surface area contributed by atoms with Crippen LogP contribution in [-0.2, 0) is 6.54 Å². The first-order valence-corrected chi connectivity index (χ1v) is 7.85. The number of fused-ring (bicyclic) bond motifs is 1. The van der Waals surface area contributed by atoms with E-state index in [1.165, 1.54) is 42.9 Å². The number of aryl methyl sites for hydroxylation is 1. The minimum absolute atomic E-state index is 0.0761. The van der Waals surface area contributed by atoms with Gasteiger partial charge < -0.3 is 13.7 Å². The van der Waals surface area contributed by atoms with E-state index in [0.29, 0.717) is 27.3 Å². The number of non-ortho nitro benzene ring substituents is 1. The van der Waals surface area contributed by atoms with Crippen molar-refractivity contribution in [3.63, 3.8) is 0 Å². The maximum Gasteiger partial charge on any atom is 0.315 e. The molecule has 0 saturated carbocycles. The number of nitro benzene ring substituents is 1. The molecule has 2 heterocycles. The lowest BCUT2D eigenvalue weighted by Gasteiger charge is -2.06. The summed E-state index contributed by atoms with van der Waals surface area (Å²) in [4.78, 5) is 27.2. The molecule has 0 aliphatic rings. The van der Waals surface area contributed by atoms with Crippen LogP contribution in [0, 0.1) is 10.1 Å². The molecule has 0 N–H and O–H groups in total. The van der Waals surface area contributed by atoms with Crippen LogP contribution < -0.4 is 9.54 Å². The maximum absolute atomic E-state index is 12.1. The van der Waals surface area contributed by atoms with E-state index in [1.54, 1.807) is 10.6 Å². The van der Waals surface area contributed by atoms with Crippen LogP contribution in [0.5, 0.6) is 5.75 Å². The molecule has 8 nitrogen and oxygen atoms in total. The Kier molecular flexibility index (Phi) is 4.17. The van der Waals surface area contributed by atoms with Crippen molar-refractivity contribution in [3.8, 4) is 5.75 Å². The fourth-order valence-corrected chi connectivity index (χ4v) is 3.48. The van der Waals surface area contributed by atoms with Crippen molar-refractivity contribution in [1.29, 1.82) is 0 Å². The second kappa shape index (κ2) is 6.28. The van der Waals surface area contributed by atoms with Gasteiger partial charge in [-0.25, -0.2) is 0 Å². The van der Waals surface area contributed by atoms with Crippen LogP contribution in [0.15, 0.2) is 39.9 Å². The lowest BCUT2D eigenvalue weighted by atomic mass is 10.2. The number of amides is 1. The number of thiazole rings is 1. The molecule has 3 aromatic rings. The van der Waals surface area contributed by atoms with Crippen molar-refractivity contribution in [3.05, 3.63) is 51.2 Å². The molecule has 2 aromatic heterocycles. The first-order chi connectivity index (χ1) is 11.5. The van der Waals surface area contributed by atoms with Gasteiger partial charge in [0, 0.05) is 12.6 Å². The number of hydrogen-bond acceptors (Lipinski definition) is 6. The van der Waals surface area contributed by atoms with Crippen molar-refractivity contribution in [1.82, 2.24) is 4.57 Å². The highest BCUT2D eigenvalue weighted by Gasteiger charge is 2.18. The first-order valence-electron chi connectivity index (χ1n) is 7.03. The Bertz CT molecular complexity index is 985. The number of rotatable bonds is 4. The SMILES string of the molecule is CCn1c(=NC(=O)c2ccco2)sc2cc([N+](=O)[O-])cc(OC)c21. The topological polar surface area (TPSA) is 99.9 Å². The molecule has 3 rings (SSSR count). The summed E-state index contributed by atoms with van der Waals surface area (Å²) >= 11 is 1.18. The molecule has 9 heteroatoms. The molecular weight excluding hydrogens is 334 g/mol. The molecule has 0 radical (unpaired) electrons. The van der Waals surface area contributed by atoms with E-state index in [1.807, 2.05) is 6.92 Å². The number of nitrogens with zero attached hydrogens (tertiary/aromatic N) is 3. The molecule has 0 aliphatic carbocycles. The number of carbonyl (C=O) groups excluding carboxylic acids is 1. The van der Waals surface area contributed by atoms with Crippen LogP contribution in [-0.4, -0.2) is 22.5 Å². The summed E-state index contributed by atoms with van der Waals surface area (Å²) < 4.78 is 12.7. The van der Waals surface area contributed by atoms with Gasteiger partial charge in [0.25, 0.3) is 5.69 Å². The van der Waals surface area contributed by atoms with Crippen LogP contribution in [0.4, 0.5) is 5.69 Å². The van der Waals surface area contributed by atoms with Gasteiger partial charge in [0.15, 0.2) is 16.3 Å². The average molecular weight is 347 g/mol. The molecule has 0 saturated heterocycles. The van der Waals surface area contributed by atoms with Crippen molar-refractivity contribution >= 4 is 33.1 Å². The van der Waals surface area contributed by atoms with Crippen molar-refractivity contribution in [2.45, 2.75) is 13.5 Å². The molecule has 0 bridgehead atoms. The van der Waals surface area contributed by atoms with E-state index < -0.39 is 10.8 Å². The summed E-state index contributed by atoms with van der Waals surface area (Å²) in [6, 6.07) is 5.94. The molecule has 124 valence electrons. The lowest BCUT2D eigenvalue weighted by Crippen LogP contribution is -2.16. The number of nitro groups is 1. The van der Waals surface area contributed by atoms with Crippen molar-refractivity contribution in [2.24, 2.45) is 4.99 Å². The molecule has 1 amide bonds. The highest BCUT2D eigenvalue weighted by atomic mass is 32.1. The molecule has 0 unspecified atom stereocenters. The van der Waals surface area contributed by atoms with Crippen LogP contribution in [0.1, 0.15) is 17.5 Å². The summed E-state index contributed by atoms with van der Waals surface area (Å²) in [5, 5.41) is 11.1. The standard InChI is InChI=1S/C15H13N3O5S/c1-3-17-13-11(22-2)7-9(18(20)21)8-12(13)24-15(17)16-14(19)10-5-4-6-23-10/h4-8H,3H2,1-2H3. The molecule has 0 aliphatic heterocycles. The second-order valence-corrected chi connectivity index (χ2v) is 5.78. The normalized spacial score (nSPS) is 11.8. The minimum atomic E-state index is -0.512. The molecule has 1 aromatic carbocycles. The number of ether oxygens (including phenoxy) is 1. The molecule has 24 heavy (non-hydrogen) atoms. The van der Waals surface area contributed by atoms with Gasteiger partial charge in [-0.15, -0.1) is 0 Å². The van der Waals surface area contributed by atoms with Gasteiger partial charge in [0.1, 0.15) is 5.52 Å². The molecular formula is C15H13N3O5S. The number of methoxy groups -OCH3 is 1. The van der Waals surface area contributed by atoms with Crippen molar-refractivity contribution in [2.75, 3.05) is 7.11 Å². The van der Waals surface area contributed by atoms with Gasteiger partial charge in [0.2, 0.25) is 0 Å². The average Bonchev–Trinajstić information content (AvgIpc) is 3.20. The van der Waals surface area contributed by atoms with Crippen LogP contribution in [0.25, 0.3) is 10.2 Å². The van der Waals surface area contributed by atoms with Gasteiger partial charge in [-0.05, 0) is 19.1 Å². The van der Waals surface area contributed by atoms with E-state index in [-0.39, 0.29) is 11.4 Å². The second-order valence-electron chi connectivity index (χ2n) is 4.78. The Labute approximate surface area is 139 Å². The maximum atomic E-state index is 12.1. The third kappa shape index (κ3) is 2.69. The number of hydrogen-bond donors (Lipinski definition) is 0. The Morgan fingerprint density at radius 2 is 2.29 bits per heavy atom. The lowest BCUT2D eigenvalue weighted by molar-refractivity contribution is -0.384. The Balaban J connectivity index is 2.26. The predicted molar refractivity (Wildman–Crippen MR) is 87.3 cm³/mol. The fourth-order valence-electron chi connectivity index (χ4n) is 2.34. The van der Waals surface area contributed by atoms with Gasteiger partial charge in [-0.1, -0.05) is 11.3 Å². The largest absolute Gasteiger partial charge is 0.494 e. The summed E-state index contributed by atoms with van der Waals surface area (Å²) in [7, 11) is 1.45. The Morgan fingerprint density at radius 1 is 1.50 bits per heavy atom. The fraction of sp³-hybridized carbons (Fsp3) is 0.200. The third-order valence-electron chi connectivity index (χ3n) is 3.40. The van der Waals surface area contributed by atoms with Crippen molar-refractivity contribution < 1.29 is 18.9 Å². The number of benzene rings is 1. The number of furan rings is 1. The zero-order chi connectivity index (χ0) is 17.3. The summed E-state index contributed by atoms with van der Waals surface area (Å²) in [6.45, 7) is 2.42. The molecule has 0 fully saturated rings. The van der Waals surface area contributed by atoms with Gasteiger partial charge in [0.05, 0.1) is 29.1 Å². The molecule has 0 atom stereocenters. The smallest absolute Gasteiger partial charge is 0.315 e. The van der Waals surface area contributed by atoms with E-state index in [9.17, 15) is 14.9 Å². The summed E-state index contributed by atoms with van der Waals surface area (Å²) in [5.41, 5.74) is 0.592. The van der Waals surface area contributed by atoms with E-state index in [4.69, 9.17) is 9.15 Å². The van der Waals surface area contributed by atoms with E-state index >= 15 is 0 Å².